The molecule has 1 saturated heterocycles. The van der Waals surface area contributed by atoms with Crippen LogP contribution in [0.25, 0.3) is 20.7 Å². The number of morpholine rings is 1. The highest BCUT2D eigenvalue weighted by atomic mass is 32.1. The molecule has 1 N–H and O–H groups in total. The Morgan fingerprint density at radius 3 is 2.84 bits per heavy atom. The first-order valence-corrected chi connectivity index (χ1v) is 11.0. The van der Waals surface area contributed by atoms with E-state index in [9.17, 15) is 0 Å². The second kappa shape index (κ2) is 8.79. The van der Waals surface area contributed by atoms with Crippen LogP contribution in [0.1, 0.15) is 11.1 Å². The van der Waals surface area contributed by atoms with E-state index in [-0.39, 0.29) is 0 Å². The van der Waals surface area contributed by atoms with Gasteiger partial charge in [-0.2, -0.15) is 10.1 Å². The lowest BCUT2D eigenvalue weighted by atomic mass is 10.2. The lowest BCUT2D eigenvalue weighted by Gasteiger charge is -2.28. The molecule has 4 heterocycles. The monoisotopic (exact) mass is 430 g/mol. The van der Waals surface area contributed by atoms with Crippen molar-refractivity contribution in [2.24, 2.45) is 5.10 Å². The standard InChI is InChI=1S/C23H22N6OS/c1-16-4-2-5-17(12-16)14-25-28-23-26-21(29-8-10-30-11-9-29)19-13-20(31-22(19)27-23)18-6-3-7-24-15-18/h2-7,12-15H,8-11H2,1H3,(H,26,27,28)/b25-14+. The summed E-state index contributed by atoms with van der Waals surface area (Å²) in [7, 11) is 0. The van der Waals surface area contributed by atoms with E-state index >= 15 is 0 Å². The second-order valence-corrected chi connectivity index (χ2v) is 8.36. The molecule has 31 heavy (non-hydrogen) atoms. The molecule has 4 aromatic rings. The molecule has 0 atom stereocenters. The van der Waals surface area contributed by atoms with Crippen molar-refractivity contribution in [3.8, 4) is 10.4 Å². The van der Waals surface area contributed by atoms with Crippen LogP contribution in [0.5, 0.6) is 0 Å². The fourth-order valence-electron chi connectivity index (χ4n) is 3.54. The first-order chi connectivity index (χ1) is 15.3. The Labute approximate surface area is 184 Å². The van der Waals surface area contributed by atoms with Crippen molar-refractivity contribution in [1.82, 2.24) is 15.0 Å². The van der Waals surface area contributed by atoms with Crippen LogP contribution < -0.4 is 10.3 Å². The number of fused-ring (bicyclic) bond motifs is 1. The predicted octanol–water partition coefficient (Wildman–Crippen LogP) is 4.34. The van der Waals surface area contributed by atoms with Gasteiger partial charge in [-0.05, 0) is 24.6 Å². The maximum Gasteiger partial charge on any atom is 0.246 e. The number of aromatic nitrogens is 3. The van der Waals surface area contributed by atoms with Gasteiger partial charge in [0.25, 0.3) is 0 Å². The molecule has 0 saturated carbocycles. The fraction of sp³-hybridized carbons (Fsp3) is 0.217. The number of nitrogens with zero attached hydrogens (tertiary/aromatic N) is 5. The van der Waals surface area contributed by atoms with Gasteiger partial charge in [-0.3, -0.25) is 4.98 Å². The third-order valence-corrected chi connectivity index (χ3v) is 6.13. The maximum atomic E-state index is 5.53. The van der Waals surface area contributed by atoms with Crippen molar-refractivity contribution >= 4 is 39.5 Å². The van der Waals surface area contributed by atoms with Gasteiger partial charge in [-0.15, -0.1) is 11.3 Å². The summed E-state index contributed by atoms with van der Waals surface area (Å²) in [5.74, 6) is 1.39. The number of hydrogen-bond acceptors (Lipinski definition) is 8. The highest BCUT2D eigenvalue weighted by Gasteiger charge is 2.19. The van der Waals surface area contributed by atoms with Crippen LogP contribution in [0.3, 0.4) is 0 Å². The number of benzene rings is 1. The van der Waals surface area contributed by atoms with Gasteiger partial charge >= 0.3 is 0 Å². The topological polar surface area (TPSA) is 75.5 Å². The summed E-state index contributed by atoms with van der Waals surface area (Å²) in [5, 5.41) is 5.40. The Morgan fingerprint density at radius 1 is 1.13 bits per heavy atom. The van der Waals surface area contributed by atoms with E-state index in [1.165, 1.54) is 5.56 Å². The van der Waals surface area contributed by atoms with Crippen molar-refractivity contribution in [1.29, 1.82) is 0 Å². The average molecular weight is 431 g/mol. The summed E-state index contributed by atoms with van der Waals surface area (Å²) >= 11 is 1.63. The number of thiophene rings is 1. The van der Waals surface area contributed by atoms with E-state index in [0.717, 1.165) is 45.1 Å². The Balaban J connectivity index is 1.50. The molecule has 0 spiro atoms. The highest BCUT2D eigenvalue weighted by Crippen LogP contribution is 2.37. The Bertz CT molecular complexity index is 1220. The SMILES string of the molecule is Cc1cccc(/C=N/Nc2nc(N3CCOCC3)c3cc(-c4cccnc4)sc3n2)c1. The second-order valence-electron chi connectivity index (χ2n) is 7.33. The smallest absolute Gasteiger partial charge is 0.246 e. The van der Waals surface area contributed by atoms with Gasteiger partial charge < -0.3 is 9.64 Å². The van der Waals surface area contributed by atoms with Gasteiger partial charge in [-0.1, -0.05) is 35.9 Å². The Hall–Kier alpha value is -3.36. The van der Waals surface area contributed by atoms with Crippen LogP contribution >= 0.6 is 11.3 Å². The molecule has 0 amide bonds. The molecule has 1 aliphatic heterocycles. The normalized spacial score (nSPS) is 14.4. The van der Waals surface area contributed by atoms with Crippen molar-refractivity contribution < 1.29 is 4.74 Å². The zero-order chi connectivity index (χ0) is 21.0. The number of anilines is 2. The molecular formula is C23H22N6OS. The molecule has 1 aromatic carbocycles. The molecular weight excluding hydrogens is 408 g/mol. The molecule has 1 aliphatic rings. The first kappa shape index (κ1) is 19.6. The molecule has 7 nitrogen and oxygen atoms in total. The van der Waals surface area contributed by atoms with E-state index in [1.807, 2.05) is 24.4 Å². The Kier molecular flexibility index (Phi) is 5.56. The van der Waals surface area contributed by atoms with Crippen LogP contribution in [0, 0.1) is 6.92 Å². The number of ether oxygens (including phenoxy) is 1. The third kappa shape index (κ3) is 4.40. The molecule has 0 radical (unpaired) electrons. The van der Waals surface area contributed by atoms with Crippen LogP contribution in [-0.4, -0.2) is 47.5 Å². The van der Waals surface area contributed by atoms with Gasteiger partial charge in [-0.25, -0.2) is 10.4 Å². The number of nitrogens with one attached hydrogen (secondary N) is 1. The zero-order valence-electron chi connectivity index (χ0n) is 17.2. The van der Waals surface area contributed by atoms with E-state index in [1.54, 1.807) is 23.7 Å². The number of aryl methyl sites for hydroxylation is 1. The van der Waals surface area contributed by atoms with Gasteiger partial charge in [0.05, 0.1) is 24.8 Å². The summed E-state index contributed by atoms with van der Waals surface area (Å²) in [4.78, 5) is 18.1. The van der Waals surface area contributed by atoms with Gasteiger partial charge in [0.1, 0.15) is 10.6 Å². The van der Waals surface area contributed by atoms with Gasteiger partial charge in [0.15, 0.2) is 0 Å². The van der Waals surface area contributed by atoms with E-state index in [0.29, 0.717) is 19.2 Å². The molecule has 0 aliphatic carbocycles. The minimum absolute atomic E-state index is 0.484. The lowest BCUT2D eigenvalue weighted by molar-refractivity contribution is 0.122. The van der Waals surface area contributed by atoms with Crippen molar-refractivity contribution in [3.05, 3.63) is 66.0 Å². The highest BCUT2D eigenvalue weighted by molar-refractivity contribution is 7.21. The van der Waals surface area contributed by atoms with Crippen molar-refractivity contribution in [3.63, 3.8) is 0 Å². The average Bonchev–Trinajstić information content (AvgIpc) is 3.24. The minimum atomic E-state index is 0.484. The molecule has 0 bridgehead atoms. The predicted molar refractivity (Wildman–Crippen MR) is 126 cm³/mol. The summed E-state index contributed by atoms with van der Waals surface area (Å²) in [6.45, 7) is 5.05. The fourth-order valence-corrected chi connectivity index (χ4v) is 4.55. The number of rotatable bonds is 5. The number of hydrazone groups is 1. The molecule has 3 aromatic heterocycles. The van der Waals surface area contributed by atoms with Gasteiger partial charge in [0, 0.05) is 35.9 Å². The summed E-state index contributed by atoms with van der Waals surface area (Å²) in [5.41, 5.74) is 6.31. The first-order valence-electron chi connectivity index (χ1n) is 10.2. The number of pyridine rings is 1. The van der Waals surface area contributed by atoms with Crippen molar-refractivity contribution in [2.75, 3.05) is 36.6 Å². The van der Waals surface area contributed by atoms with E-state index in [2.05, 4.69) is 51.6 Å². The lowest BCUT2D eigenvalue weighted by Crippen LogP contribution is -2.37. The van der Waals surface area contributed by atoms with Crippen LogP contribution in [0.2, 0.25) is 0 Å². The molecule has 8 heteroatoms. The molecule has 1 fully saturated rings. The Morgan fingerprint density at radius 2 is 2.03 bits per heavy atom. The molecule has 5 rings (SSSR count). The zero-order valence-corrected chi connectivity index (χ0v) is 18.0. The van der Waals surface area contributed by atoms with Crippen LogP contribution in [-0.2, 0) is 4.74 Å². The molecule has 0 unspecified atom stereocenters. The summed E-state index contributed by atoms with van der Waals surface area (Å²) in [6.07, 6.45) is 5.44. The summed E-state index contributed by atoms with van der Waals surface area (Å²) in [6, 6.07) is 14.3. The van der Waals surface area contributed by atoms with Crippen LogP contribution in [0.15, 0.2) is 60.0 Å². The van der Waals surface area contributed by atoms with Crippen molar-refractivity contribution in [2.45, 2.75) is 6.92 Å². The van der Waals surface area contributed by atoms with Crippen LogP contribution in [0.4, 0.5) is 11.8 Å². The maximum absolute atomic E-state index is 5.53. The largest absolute Gasteiger partial charge is 0.378 e. The summed E-state index contributed by atoms with van der Waals surface area (Å²) < 4.78 is 5.53. The van der Waals surface area contributed by atoms with E-state index in [4.69, 9.17) is 14.7 Å². The quantitative estimate of drug-likeness (QED) is 0.375. The minimum Gasteiger partial charge on any atom is -0.378 e. The number of hydrogen-bond donors (Lipinski definition) is 1. The van der Waals surface area contributed by atoms with Gasteiger partial charge in [0.2, 0.25) is 5.95 Å². The molecule has 156 valence electrons. The van der Waals surface area contributed by atoms with E-state index < -0.39 is 0 Å². The third-order valence-electron chi connectivity index (χ3n) is 5.05.